The molecule has 0 radical (unpaired) electrons. The molecule has 1 unspecified atom stereocenters. The largest absolute Gasteiger partial charge is 0.735 e. The Hall–Kier alpha value is -0.370. The summed E-state index contributed by atoms with van der Waals surface area (Å²) in [7, 11) is -4.68. The van der Waals surface area contributed by atoms with Crippen molar-refractivity contribution < 1.29 is 18.1 Å². The van der Waals surface area contributed by atoms with Crippen LogP contribution < -0.4 is 4.72 Å². The normalized spacial score (nSPS) is 15.2. The van der Waals surface area contributed by atoms with Gasteiger partial charge in [0.05, 0.1) is 0 Å². The smallest absolute Gasteiger partial charge is 0.159 e. The van der Waals surface area contributed by atoms with Gasteiger partial charge in [0, 0.05) is 13.0 Å². The molecule has 21 heavy (non-hydrogen) atoms. The maximum atomic E-state index is 10.7. The van der Waals surface area contributed by atoms with Crippen LogP contribution in [0.4, 0.5) is 0 Å². The third-order valence-electron chi connectivity index (χ3n) is 3.50. The van der Waals surface area contributed by atoms with E-state index < -0.39 is 27.3 Å². The summed E-state index contributed by atoms with van der Waals surface area (Å²) in [4.78, 5) is -0.909. The van der Waals surface area contributed by atoms with E-state index in [-0.39, 0.29) is 6.42 Å². The first-order valence-corrected chi connectivity index (χ1v) is 8.52. The summed E-state index contributed by atoms with van der Waals surface area (Å²) < 4.78 is 34.0. The highest BCUT2D eigenvalue weighted by atomic mass is 35.5. The number of aryl methyl sites for hydroxylation is 2. The van der Waals surface area contributed by atoms with E-state index in [0.29, 0.717) is 5.56 Å². The van der Waals surface area contributed by atoms with Gasteiger partial charge in [0.2, 0.25) is 0 Å². The van der Waals surface area contributed by atoms with E-state index in [1.165, 1.54) is 0 Å². The number of halogens is 2. The Morgan fingerprint density at radius 3 is 2.14 bits per heavy atom. The molecule has 0 aliphatic heterocycles. The average molecular weight is 355 g/mol. The van der Waals surface area contributed by atoms with E-state index in [1.54, 1.807) is 16.9 Å². The molecule has 0 bridgehead atoms. The van der Waals surface area contributed by atoms with Crippen LogP contribution in [0.25, 0.3) is 0 Å². The molecule has 120 valence electrons. The van der Waals surface area contributed by atoms with Crippen molar-refractivity contribution in [3.8, 4) is 0 Å². The number of rotatable bonds is 6. The fraction of sp³-hybridized carbons (Fsp3) is 0.538. The molecule has 1 atom stereocenters. The van der Waals surface area contributed by atoms with Gasteiger partial charge < -0.3 is 9.66 Å². The van der Waals surface area contributed by atoms with Crippen molar-refractivity contribution in [1.29, 1.82) is 0 Å². The van der Waals surface area contributed by atoms with Crippen LogP contribution in [0, 0.1) is 20.8 Å². The number of benzene rings is 1. The van der Waals surface area contributed by atoms with Crippen LogP contribution in [0.15, 0.2) is 12.1 Å². The highest BCUT2D eigenvalue weighted by Crippen LogP contribution is 2.31. The predicted octanol–water partition coefficient (Wildman–Crippen LogP) is 2.04. The summed E-state index contributed by atoms with van der Waals surface area (Å²) in [6, 6.07) is 3.47. The Kier molecular flexibility index (Phi) is 6.06. The van der Waals surface area contributed by atoms with Gasteiger partial charge in [-0.05, 0) is 43.0 Å². The van der Waals surface area contributed by atoms with E-state index in [4.69, 9.17) is 23.2 Å². The zero-order chi connectivity index (χ0) is 16.4. The fourth-order valence-electron chi connectivity index (χ4n) is 2.06. The van der Waals surface area contributed by atoms with Crippen molar-refractivity contribution >= 4 is 33.5 Å². The van der Waals surface area contributed by atoms with Gasteiger partial charge in [-0.3, -0.25) is 0 Å². The molecule has 1 aromatic carbocycles. The first-order chi connectivity index (χ1) is 9.44. The maximum Gasteiger partial charge on any atom is 0.159 e. The fourth-order valence-corrected chi connectivity index (χ4v) is 2.99. The van der Waals surface area contributed by atoms with Gasteiger partial charge in [-0.2, -0.15) is 0 Å². The van der Waals surface area contributed by atoms with Crippen LogP contribution in [0.3, 0.4) is 0 Å². The van der Waals surface area contributed by atoms with Gasteiger partial charge in [0.25, 0.3) is 0 Å². The summed E-state index contributed by atoms with van der Waals surface area (Å²) >= 11 is 11.4. The van der Waals surface area contributed by atoms with Gasteiger partial charge in [-0.25, -0.2) is 13.1 Å². The number of hydrogen-bond donors (Lipinski definition) is 2. The Bertz CT molecular complexity index is 596. The van der Waals surface area contributed by atoms with Gasteiger partial charge >= 0.3 is 0 Å². The van der Waals surface area contributed by atoms with Gasteiger partial charge in [0.15, 0.2) is 10.3 Å². The molecular weight excluding hydrogens is 337 g/mol. The van der Waals surface area contributed by atoms with Crippen LogP contribution in [-0.2, 0) is 15.9 Å². The molecule has 0 heterocycles. The van der Waals surface area contributed by atoms with Gasteiger partial charge in [0.1, 0.15) is 10.4 Å². The standard InChI is InChI=1S/C13H19Cl2NO4S/c1-8-4-11(5-9(2)10(8)3)13(17,6-12(14)15)7-16-21(18,19)20/h4-5,12,16-17H,6-7H2,1-3H3,(H,18,19,20)/p-1. The Morgan fingerprint density at radius 2 is 1.76 bits per heavy atom. The van der Waals surface area contributed by atoms with E-state index in [1.807, 2.05) is 20.8 Å². The SMILES string of the molecule is Cc1cc(C(O)(CNS(=O)(=O)[O-])CC(Cl)Cl)cc(C)c1C. The summed E-state index contributed by atoms with van der Waals surface area (Å²) in [6.07, 6.45) is -0.111. The summed E-state index contributed by atoms with van der Waals surface area (Å²) in [5, 5.41) is 10.7. The second-order valence-electron chi connectivity index (χ2n) is 5.14. The number of hydrogen-bond acceptors (Lipinski definition) is 4. The molecule has 0 aliphatic rings. The summed E-state index contributed by atoms with van der Waals surface area (Å²) in [5.74, 6) is 0. The number of aliphatic hydroxyl groups is 1. The minimum atomic E-state index is -4.68. The van der Waals surface area contributed by atoms with E-state index in [9.17, 15) is 18.1 Å². The molecule has 0 saturated heterocycles. The maximum absolute atomic E-state index is 10.7. The lowest BCUT2D eigenvalue weighted by molar-refractivity contribution is 0.0359. The van der Waals surface area contributed by atoms with Gasteiger partial charge in [-0.1, -0.05) is 12.1 Å². The number of nitrogens with one attached hydrogen (secondary N) is 1. The van der Waals surface area contributed by atoms with Crippen molar-refractivity contribution in [2.75, 3.05) is 6.54 Å². The minimum absolute atomic E-state index is 0.111. The lowest BCUT2D eigenvalue weighted by Gasteiger charge is -2.31. The second-order valence-corrected chi connectivity index (χ2v) is 7.61. The summed E-state index contributed by atoms with van der Waals surface area (Å²) in [6.45, 7) is 5.21. The van der Waals surface area contributed by atoms with Crippen molar-refractivity contribution in [3.05, 3.63) is 34.4 Å². The predicted molar refractivity (Wildman–Crippen MR) is 82.4 cm³/mol. The first-order valence-electron chi connectivity index (χ1n) is 6.24. The zero-order valence-electron chi connectivity index (χ0n) is 12.0. The Morgan fingerprint density at radius 1 is 1.29 bits per heavy atom. The monoisotopic (exact) mass is 354 g/mol. The quantitative estimate of drug-likeness (QED) is 0.604. The van der Waals surface area contributed by atoms with Crippen LogP contribution in [0.2, 0.25) is 0 Å². The molecule has 0 amide bonds. The lowest BCUT2D eigenvalue weighted by atomic mass is 9.87. The Labute approximate surface area is 135 Å². The second kappa shape index (κ2) is 6.81. The van der Waals surface area contributed by atoms with Crippen molar-refractivity contribution in [2.45, 2.75) is 37.6 Å². The van der Waals surface area contributed by atoms with Crippen molar-refractivity contribution in [3.63, 3.8) is 0 Å². The molecule has 5 nitrogen and oxygen atoms in total. The lowest BCUT2D eigenvalue weighted by Crippen LogP contribution is -2.42. The van der Waals surface area contributed by atoms with Crippen molar-refractivity contribution in [2.24, 2.45) is 0 Å². The highest BCUT2D eigenvalue weighted by molar-refractivity contribution is 7.83. The third kappa shape index (κ3) is 5.39. The van der Waals surface area contributed by atoms with Gasteiger partial charge in [-0.15, -0.1) is 23.2 Å². The Balaban J connectivity index is 3.24. The highest BCUT2D eigenvalue weighted by Gasteiger charge is 2.32. The van der Waals surface area contributed by atoms with Crippen LogP contribution in [0.1, 0.15) is 28.7 Å². The molecule has 0 aromatic heterocycles. The van der Waals surface area contributed by atoms with Crippen molar-refractivity contribution in [1.82, 2.24) is 4.72 Å². The van der Waals surface area contributed by atoms with Crippen LogP contribution in [0.5, 0.6) is 0 Å². The average Bonchev–Trinajstić information content (AvgIpc) is 2.31. The first kappa shape index (κ1) is 18.7. The molecule has 0 fully saturated rings. The van der Waals surface area contributed by atoms with Crippen LogP contribution in [-0.4, -0.2) is 29.5 Å². The molecule has 2 N–H and O–H groups in total. The minimum Gasteiger partial charge on any atom is -0.735 e. The van der Waals surface area contributed by atoms with E-state index >= 15 is 0 Å². The van der Waals surface area contributed by atoms with E-state index in [0.717, 1.165) is 16.7 Å². The van der Waals surface area contributed by atoms with Crippen LogP contribution >= 0.6 is 23.2 Å². The number of alkyl halides is 2. The zero-order valence-corrected chi connectivity index (χ0v) is 14.3. The third-order valence-corrected chi connectivity index (χ3v) is 4.30. The molecule has 1 rings (SSSR count). The molecule has 0 aliphatic carbocycles. The molecular formula is C13H18Cl2NO4S-. The van der Waals surface area contributed by atoms with E-state index in [2.05, 4.69) is 0 Å². The molecule has 0 saturated carbocycles. The molecule has 0 spiro atoms. The molecule has 8 heteroatoms. The summed E-state index contributed by atoms with van der Waals surface area (Å²) in [5.41, 5.74) is 1.75. The molecule has 1 aromatic rings. The topological polar surface area (TPSA) is 89.5 Å².